The minimum absolute atomic E-state index is 0.155. The van der Waals surface area contributed by atoms with Crippen molar-refractivity contribution >= 4 is 11.7 Å². The molecule has 0 heterocycles. The van der Waals surface area contributed by atoms with Gasteiger partial charge in [0.05, 0.1) is 13.2 Å². The van der Waals surface area contributed by atoms with Crippen molar-refractivity contribution in [2.24, 2.45) is 5.92 Å². The number of carboxylic acid groups (broad SMARTS) is 1. The predicted molar refractivity (Wildman–Crippen MR) is 123 cm³/mol. The zero-order valence-electron chi connectivity index (χ0n) is 18.1. The molecule has 3 aromatic rings. The normalized spacial score (nSPS) is 11.8. The SMILES string of the molecule is CONC(=COc1cccc(COc2ccc(CC(C#N)C(=O)O)cc2)c1)c1ccccc1. The second-order valence-electron chi connectivity index (χ2n) is 7.13. The molecule has 33 heavy (non-hydrogen) atoms. The lowest BCUT2D eigenvalue weighted by Gasteiger charge is -2.11. The largest absolute Gasteiger partial charge is 0.489 e. The number of hydrogen-bond donors (Lipinski definition) is 2. The van der Waals surface area contributed by atoms with Crippen LogP contribution in [0.2, 0.25) is 0 Å². The van der Waals surface area contributed by atoms with Crippen LogP contribution in [0.4, 0.5) is 0 Å². The van der Waals surface area contributed by atoms with Crippen LogP contribution < -0.4 is 15.0 Å². The third-order valence-corrected chi connectivity index (χ3v) is 4.73. The van der Waals surface area contributed by atoms with E-state index in [1.807, 2.05) is 54.6 Å². The second kappa shape index (κ2) is 11.9. The molecule has 1 unspecified atom stereocenters. The van der Waals surface area contributed by atoms with E-state index >= 15 is 0 Å². The first-order valence-electron chi connectivity index (χ1n) is 10.2. The monoisotopic (exact) mass is 444 g/mol. The molecule has 0 bridgehead atoms. The molecule has 0 aromatic heterocycles. The lowest BCUT2D eigenvalue weighted by Crippen LogP contribution is -2.14. The summed E-state index contributed by atoms with van der Waals surface area (Å²) in [5, 5.41) is 17.9. The van der Waals surface area contributed by atoms with Crippen molar-refractivity contribution in [3.05, 3.63) is 102 Å². The van der Waals surface area contributed by atoms with Crippen molar-refractivity contribution in [1.82, 2.24) is 5.48 Å². The predicted octanol–water partition coefficient (Wildman–Crippen LogP) is 4.56. The van der Waals surface area contributed by atoms with Crippen LogP contribution in [0.5, 0.6) is 11.5 Å². The number of aliphatic carboxylic acids is 1. The van der Waals surface area contributed by atoms with E-state index in [2.05, 4.69) is 5.48 Å². The Hall–Kier alpha value is -4.28. The summed E-state index contributed by atoms with van der Waals surface area (Å²) in [7, 11) is 1.54. The van der Waals surface area contributed by atoms with Crippen LogP contribution in [0.15, 0.2) is 85.1 Å². The van der Waals surface area contributed by atoms with Crippen LogP contribution in [-0.2, 0) is 22.7 Å². The van der Waals surface area contributed by atoms with E-state index in [9.17, 15) is 4.79 Å². The summed E-state index contributed by atoms with van der Waals surface area (Å²) in [4.78, 5) is 16.0. The quantitative estimate of drug-likeness (QED) is 0.330. The highest BCUT2D eigenvalue weighted by molar-refractivity contribution is 5.73. The van der Waals surface area contributed by atoms with Gasteiger partial charge in [-0.2, -0.15) is 5.26 Å². The molecule has 168 valence electrons. The van der Waals surface area contributed by atoms with Crippen LogP contribution in [0, 0.1) is 17.2 Å². The summed E-state index contributed by atoms with van der Waals surface area (Å²) in [5.41, 5.74) is 6.10. The Morgan fingerprint density at radius 3 is 2.45 bits per heavy atom. The van der Waals surface area contributed by atoms with Crippen molar-refractivity contribution in [2.45, 2.75) is 13.0 Å². The van der Waals surface area contributed by atoms with E-state index < -0.39 is 11.9 Å². The number of hydroxylamine groups is 1. The number of nitrogens with one attached hydrogen (secondary N) is 1. The molecule has 3 aromatic carbocycles. The van der Waals surface area contributed by atoms with E-state index in [1.165, 1.54) is 7.11 Å². The molecule has 0 saturated carbocycles. The number of hydrogen-bond acceptors (Lipinski definition) is 6. The van der Waals surface area contributed by atoms with Crippen LogP contribution >= 0.6 is 0 Å². The molecule has 1 atom stereocenters. The zero-order chi connectivity index (χ0) is 23.5. The Balaban J connectivity index is 1.60. The van der Waals surface area contributed by atoms with Crippen LogP contribution in [0.25, 0.3) is 5.70 Å². The molecule has 0 fully saturated rings. The summed E-state index contributed by atoms with van der Waals surface area (Å²) >= 11 is 0. The van der Waals surface area contributed by atoms with Crippen molar-refractivity contribution < 1.29 is 24.2 Å². The number of carboxylic acids is 1. The van der Waals surface area contributed by atoms with E-state index in [0.717, 1.165) is 16.7 Å². The van der Waals surface area contributed by atoms with Crippen molar-refractivity contribution in [1.29, 1.82) is 5.26 Å². The Bertz CT molecular complexity index is 1120. The molecule has 0 spiro atoms. The third kappa shape index (κ3) is 7.13. The van der Waals surface area contributed by atoms with Gasteiger partial charge < -0.3 is 14.6 Å². The highest BCUT2D eigenvalue weighted by Gasteiger charge is 2.16. The van der Waals surface area contributed by atoms with Gasteiger partial charge in [-0.15, -0.1) is 0 Å². The minimum atomic E-state index is -1.12. The first kappa shape index (κ1) is 23.4. The number of nitrogens with zero attached hydrogens (tertiary/aromatic N) is 1. The third-order valence-electron chi connectivity index (χ3n) is 4.73. The van der Waals surface area contributed by atoms with Crippen molar-refractivity contribution in [2.75, 3.05) is 7.11 Å². The molecule has 7 heteroatoms. The van der Waals surface area contributed by atoms with Gasteiger partial charge in [-0.05, 0) is 41.8 Å². The minimum Gasteiger partial charge on any atom is -0.489 e. The molecule has 0 amide bonds. The number of carbonyl (C=O) groups is 1. The van der Waals surface area contributed by atoms with Gasteiger partial charge in [-0.25, -0.2) is 0 Å². The van der Waals surface area contributed by atoms with Crippen molar-refractivity contribution in [3.8, 4) is 17.6 Å². The topological polar surface area (TPSA) is 101 Å². The standard InChI is InChI=1S/C26H24N2O5/c1-31-28-25(21-7-3-2-4-8-21)18-33-24-9-5-6-20(15-24)17-32-23-12-10-19(11-13-23)14-22(16-27)26(29)30/h2-13,15,18,22,28H,14,17H2,1H3,(H,29,30). The molecule has 0 aliphatic rings. The van der Waals surface area contributed by atoms with Crippen LogP contribution in [0.1, 0.15) is 16.7 Å². The van der Waals surface area contributed by atoms with E-state index in [1.54, 1.807) is 36.6 Å². The maximum absolute atomic E-state index is 11.0. The first-order chi connectivity index (χ1) is 16.1. The number of rotatable bonds is 11. The molecule has 0 radical (unpaired) electrons. The summed E-state index contributed by atoms with van der Waals surface area (Å²) in [5.74, 6) is -0.892. The fourth-order valence-electron chi connectivity index (χ4n) is 3.03. The Morgan fingerprint density at radius 1 is 1.03 bits per heavy atom. The zero-order valence-corrected chi connectivity index (χ0v) is 18.1. The van der Waals surface area contributed by atoms with Gasteiger partial charge >= 0.3 is 5.97 Å². The molecular formula is C26H24N2O5. The Kier molecular flexibility index (Phi) is 8.46. The highest BCUT2D eigenvalue weighted by atomic mass is 16.6. The summed E-state index contributed by atoms with van der Waals surface area (Å²) < 4.78 is 11.6. The molecule has 0 saturated heterocycles. The van der Waals surface area contributed by atoms with Gasteiger partial charge in [-0.1, -0.05) is 54.6 Å². The fourth-order valence-corrected chi connectivity index (χ4v) is 3.03. The lowest BCUT2D eigenvalue weighted by atomic mass is 10.0. The average molecular weight is 444 g/mol. The van der Waals surface area contributed by atoms with E-state index in [0.29, 0.717) is 23.8 Å². The van der Waals surface area contributed by atoms with Crippen LogP contribution in [0.3, 0.4) is 0 Å². The highest BCUT2D eigenvalue weighted by Crippen LogP contribution is 2.20. The maximum Gasteiger partial charge on any atom is 0.321 e. The number of benzene rings is 3. The lowest BCUT2D eigenvalue weighted by molar-refractivity contribution is -0.139. The molecule has 0 aliphatic heterocycles. The molecule has 2 N–H and O–H groups in total. The second-order valence-corrected chi connectivity index (χ2v) is 7.13. The number of ether oxygens (including phenoxy) is 2. The average Bonchev–Trinajstić information content (AvgIpc) is 2.85. The van der Waals surface area contributed by atoms with Gasteiger partial charge in [0.1, 0.15) is 36.0 Å². The Labute approximate surface area is 192 Å². The molecule has 3 rings (SSSR count). The molecular weight excluding hydrogens is 420 g/mol. The fraction of sp³-hybridized carbons (Fsp3) is 0.154. The number of nitriles is 1. The van der Waals surface area contributed by atoms with Crippen molar-refractivity contribution in [3.63, 3.8) is 0 Å². The summed E-state index contributed by atoms with van der Waals surface area (Å²) in [6.45, 7) is 0.331. The van der Waals surface area contributed by atoms with Gasteiger partial charge in [0, 0.05) is 5.56 Å². The van der Waals surface area contributed by atoms with Gasteiger partial charge in [0.15, 0.2) is 0 Å². The molecule has 7 nitrogen and oxygen atoms in total. The molecule has 0 aliphatic carbocycles. The van der Waals surface area contributed by atoms with Crippen LogP contribution in [-0.4, -0.2) is 18.2 Å². The smallest absolute Gasteiger partial charge is 0.321 e. The van der Waals surface area contributed by atoms with Gasteiger partial charge in [0.2, 0.25) is 0 Å². The Morgan fingerprint density at radius 2 is 1.79 bits per heavy atom. The van der Waals surface area contributed by atoms with Gasteiger partial charge in [-0.3, -0.25) is 15.1 Å². The summed E-state index contributed by atoms with van der Waals surface area (Å²) in [6.07, 6.45) is 1.74. The van der Waals surface area contributed by atoms with E-state index in [-0.39, 0.29) is 6.42 Å². The van der Waals surface area contributed by atoms with E-state index in [4.69, 9.17) is 24.7 Å². The maximum atomic E-state index is 11.0. The van der Waals surface area contributed by atoms with Gasteiger partial charge in [0.25, 0.3) is 0 Å². The summed E-state index contributed by atoms with van der Waals surface area (Å²) in [6, 6.07) is 26.1. The first-order valence-corrected chi connectivity index (χ1v) is 10.2.